The van der Waals surface area contributed by atoms with Crippen LogP contribution in [0.25, 0.3) is 0 Å². The smallest absolute Gasteiger partial charge is 0.255 e. The van der Waals surface area contributed by atoms with Crippen molar-refractivity contribution in [3.05, 3.63) is 77.9 Å². The summed E-state index contributed by atoms with van der Waals surface area (Å²) in [6.07, 6.45) is 9.99. The molecule has 4 rings (SSSR count). The molecule has 0 aliphatic carbocycles. The second kappa shape index (κ2) is 7.59. The number of carbonyl (C=O) groups is 2. The number of imidazole rings is 1. The van der Waals surface area contributed by atoms with Gasteiger partial charge in [0.05, 0.1) is 30.7 Å². The van der Waals surface area contributed by atoms with Gasteiger partial charge in [0.2, 0.25) is 5.91 Å². The van der Waals surface area contributed by atoms with Crippen molar-refractivity contribution in [2.75, 3.05) is 6.54 Å². The van der Waals surface area contributed by atoms with Crippen LogP contribution in [0.4, 0.5) is 0 Å². The van der Waals surface area contributed by atoms with E-state index in [1.54, 1.807) is 48.3 Å². The Morgan fingerprint density at radius 3 is 2.86 bits per heavy atom. The van der Waals surface area contributed by atoms with Crippen LogP contribution in [0.2, 0.25) is 0 Å². The van der Waals surface area contributed by atoms with Crippen LogP contribution in [0.5, 0.6) is 0 Å². The molecule has 0 bridgehead atoms. The van der Waals surface area contributed by atoms with E-state index < -0.39 is 6.04 Å². The first kappa shape index (κ1) is 17.8. The van der Waals surface area contributed by atoms with Crippen LogP contribution in [0.3, 0.4) is 0 Å². The summed E-state index contributed by atoms with van der Waals surface area (Å²) in [4.78, 5) is 39.8. The van der Waals surface area contributed by atoms with E-state index in [0.29, 0.717) is 18.7 Å². The number of hydrogen-bond donors (Lipinski definition) is 1. The van der Waals surface area contributed by atoms with Crippen molar-refractivity contribution in [3.63, 3.8) is 0 Å². The van der Waals surface area contributed by atoms with Crippen molar-refractivity contribution in [1.29, 1.82) is 0 Å². The molecular weight excluding hydrogens is 356 g/mol. The largest absolute Gasteiger partial charge is 0.350 e. The van der Waals surface area contributed by atoms with Gasteiger partial charge in [-0.3, -0.25) is 19.6 Å². The van der Waals surface area contributed by atoms with Crippen LogP contribution in [0.15, 0.2) is 55.5 Å². The molecule has 3 aromatic heterocycles. The number of hydrogen-bond acceptors (Lipinski definition) is 5. The van der Waals surface area contributed by atoms with Crippen molar-refractivity contribution in [2.45, 2.75) is 26.1 Å². The van der Waals surface area contributed by atoms with Gasteiger partial charge in [-0.25, -0.2) is 4.98 Å². The molecule has 0 spiro atoms. The standard InChI is InChI=1S/C20H20N6O2/c1-14-5-16(9-22-6-14)20(28)25-11-17-10-23-13-26(17)18(12-25)19(27)24-8-15-3-2-4-21-7-15/h2-7,9-10,13,18H,8,11-12H2,1H3,(H,24,27). The zero-order chi connectivity index (χ0) is 19.5. The van der Waals surface area contributed by atoms with Crippen LogP contribution < -0.4 is 5.32 Å². The predicted octanol–water partition coefficient (Wildman–Crippen LogP) is 1.50. The van der Waals surface area contributed by atoms with Gasteiger partial charge in [0, 0.05) is 37.5 Å². The Kier molecular flexibility index (Phi) is 4.84. The van der Waals surface area contributed by atoms with Crippen molar-refractivity contribution in [2.24, 2.45) is 0 Å². The topological polar surface area (TPSA) is 93.0 Å². The third-order valence-corrected chi connectivity index (χ3v) is 4.73. The van der Waals surface area contributed by atoms with Crippen molar-refractivity contribution >= 4 is 11.8 Å². The number of aromatic nitrogens is 4. The van der Waals surface area contributed by atoms with Crippen molar-refractivity contribution in [1.82, 2.24) is 29.7 Å². The second-order valence-corrected chi connectivity index (χ2v) is 6.82. The summed E-state index contributed by atoms with van der Waals surface area (Å²) in [6.45, 7) is 2.95. The molecule has 0 aromatic carbocycles. The maximum absolute atomic E-state index is 12.9. The van der Waals surface area contributed by atoms with Gasteiger partial charge in [-0.1, -0.05) is 6.07 Å². The van der Waals surface area contributed by atoms with Gasteiger partial charge in [0.15, 0.2) is 0 Å². The Morgan fingerprint density at radius 2 is 2.07 bits per heavy atom. The fourth-order valence-corrected chi connectivity index (χ4v) is 3.32. The first-order valence-corrected chi connectivity index (χ1v) is 9.00. The molecule has 8 nitrogen and oxygen atoms in total. The molecular formula is C20H20N6O2. The molecule has 0 radical (unpaired) electrons. The van der Waals surface area contributed by atoms with E-state index >= 15 is 0 Å². The lowest BCUT2D eigenvalue weighted by atomic mass is 10.1. The van der Waals surface area contributed by atoms with Crippen LogP contribution >= 0.6 is 0 Å². The maximum Gasteiger partial charge on any atom is 0.255 e. The number of aryl methyl sites for hydroxylation is 1. The lowest BCUT2D eigenvalue weighted by Crippen LogP contribution is -2.46. The van der Waals surface area contributed by atoms with Gasteiger partial charge in [-0.15, -0.1) is 0 Å². The molecule has 0 saturated heterocycles. The average Bonchev–Trinajstić information content (AvgIpc) is 3.20. The fraction of sp³-hybridized carbons (Fsp3) is 0.250. The molecule has 3 aromatic rings. The number of fused-ring (bicyclic) bond motifs is 1. The SMILES string of the molecule is Cc1cncc(C(=O)N2Cc3cncn3C(C(=O)NCc3cccnc3)C2)c1. The number of carbonyl (C=O) groups excluding carboxylic acids is 2. The molecule has 1 unspecified atom stereocenters. The number of rotatable bonds is 4. The van der Waals surface area contributed by atoms with Gasteiger partial charge in [-0.05, 0) is 30.2 Å². The molecule has 8 heteroatoms. The minimum Gasteiger partial charge on any atom is -0.350 e. The molecule has 4 heterocycles. The van der Waals surface area contributed by atoms with Gasteiger partial charge in [-0.2, -0.15) is 0 Å². The highest BCUT2D eigenvalue weighted by atomic mass is 16.2. The van der Waals surface area contributed by atoms with Crippen LogP contribution in [0.1, 0.15) is 33.2 Å². The molecule has 2 amide bonds. The quantitative estimate of drug-likeness (QED) is 0.745. The molecule has 1 N–H and O–H groups in total. The summed E-state index contributed by atoms with van der Waals surface area (Å²) in [7, 11) is 0. The Hall–Kier alpha value is -3.55. The van der Waals surface area contributed by atoms with Gasteiger partial charge >= 0.3 is 0 Å². The van der Waals surface area contributed by atoms with Crippen LogP contribution in [0, 0.1) is 6.92 Å². The van der Waals surface area contributed by atoms with E-state index in [1.807, 2.05) is 23.6 Å². The van der Waals surface area contributed by atoms with E-state index in [1.165, 1.54) is 0 Å². The Labute approximate surface area is 162 Å². The Morgan fingerprint density at radius 1 is 1.18 bits per heavy atom. The molecule has 0 saturated carbocycles. The highest BCUT2D eigenvalue weighted by Crippen LogP contribution is 2.23. The molecule has 142 valence electrons. The first-order valence-electron chi connectivity index (χ1n) is 9.00. The van der Waals surface area contributed by atoms with Crippen LogP contribution in [-0.2, 0) is 17.9 Å². The van der Waals surface area contributed by atoms with E-state index in [9.17, 15) is 9.59 Å². The minimum absolute atomic E-state index is 0.145. The van der Waals surface area contributed by atoms with Crippen molar-refractivity contribution < 1.29 is 9.59 Å². The lowest BCUT2D eigenvalue weighted by Gasteiger charge is -2.33. The highest BCUT2D eigenvalue weighted by molar-refractivity contribution is 5.94. The number of nitrogens with one attached hydrogen (secondary N) is 1. The zero-order valence-electron chi connectivity index (χ0n) is 15.4. The van der Waals surface area contributed by atoms with Gasteiger partial charge in [0.25, 0.3) is 5.91 Å². The number of pyridine rings is 2. The molecule has 1 aliphatic heterocycles. The summed E-state index contributed by atoms with van der Waals surface area (Å²) in [5.74, 6) is -0.309. The molecule has 1 aliphatic rings. The predicted molar refractivity (Wildman–Crippen MR) is 101 cm³/mol. The average molecular weight is 376 g/mol. The summed E-state index contributed by atoms with van der Waals surface area (Å²) >= 11 is 0. The fourth-order valence-electron chi connectivity index (χ4n) is 3.32. The van der Waals surface area contributed by atoms with E-state index in [-0.39, 0.29) is 18.4 Å². The van der Waals surface area contributed by atoms with Crippen LogP contribution in [-0.4, -0.2) is 42.8 Å². The number of nitrogens with zero attached hydrogens (tertiary/aromatic N) is 5. The summed E-state index contributed by atoms with van der Waals surface area (Å²) in [5, 5.41) is 2.93. The summed E-state index contributed by atoms with van der Waals surface area (Å²) < 4.78 is 1.83. The monoisotopic (exact) mass is 376 g/mol. The summed E-state index contributed by atoms with van der Waals surface area (Å²) in [6, 6.07) is 4.99. The van der Waals surface area contributed by atoms with Crippen molar-refractivity contribution in [3.8, 4) is 0 Å². The van der Waals surface area contributed by atoms with E-state index in [2.05, 4.69) is 20.3 Å². The normalized spacial score (nSPS) is 15.8. The Bertz CT molecular complexity index is 1000. The van der Waals surface area contributed by atoms with E-state index in [0.717, 1.165) is 16.8 Å². The lowest BCUT2D eigenvalue weighted by molar-refractivity contribution is -0.125. The highest BCUT2D eigenvalue weighted by Gasteiger charge is 2.32. The minimum atomic E-state index is -0.537. The summed E-state index contributed by atoms with van der Waals surface area (Å²) in [5.41, 5.74) is 3.17. The second-order valence-electron chi connectivity index (χ2n) is 6.82. The molecule has 0 fully saturated rings. The zero-order valence-corrected chi connectivity index (χ0v) is 15.4. The Balaban J connectivity index is 1.52. The van der Waals surface area contributed by atoms with E-state index in [4.69, 9.17) is 0 Å². The third-order valence-electron chi connectivity index (χ3n) is 4.73. The number of amides is 2. The maximum atomic E-state index is 12.9. The third kappa shape index (κ3) is 3.62. The first-order chi connectivity index (χ1) is 13.6. The van der Waals surface area contributed by atoms with Gasteiger partial charge < -0.3 is 14.8 Å². The molecule has 28 heavy (non-hydrogen) atoms. The molecule has 1 atom stereocenters. The van der Waals surface area contributed by atoms with Gasteiger partial charge in [0.1, 0.15) is 6.04 Å².